The minimum atomic E-state index is -5.12. The van der Waals surface area contributed by atoms with E-state index in [0.29, 0.717) is 21.4 Å². The summed E-state index contributed by atoms with van der Waals surface area (Å²) in [7, 11) is -5.12. The first-order chi connectivity index (χ1) is 24.8. The number of aromatic carboxylic acids is 1. The second-order valence-corrected chi connectivity index (χ2v) is 17.0. The van der Waals surface area contributed by atoms with Gasteiger partial charge in [-0.2, -0.15) is 4.31 Å². The summed E-state index contributed by atoms with van der Waals surface area (Å²) in [5, 5.41) is 9.73. The monoisotopic (exact) mass is 814 g/mol. The maximum atomic E-state index is 15.6. The average Bonchev–Trinajstić information content (AvgIpc) is 3.95. The second-order valence-electron chi connectivity index (χ2n) is 14.3. The number of carbonyl (C=O) groups excluding carboxylic acids is 1. The molecule has 53 heavy (non-hydrogen) atoms. The van der Waals surface area contributed by atoms with Crippen molar-refractivity contribution in [3.63, 3.8) is 0 Å². The van der Waals surface area contributed by atoms with Crippen LogP contribution in [0.2, 0.25) is 0 Å². The molecule has 1 saturated carbocycles. The Kier molecular flexibility index (Phi) is 11.8. The molecule has 13 heteroatoms. The third-order valence-electron chi connectivity index (χ3n) is 9.33. The Morgan fingerprint density at radius 1 is 0.943 bits per heavy atom. The Labute approximate surface area is 316 Å². The van der Waals surface area contributed by atoms with Gasteiger partial charge in [-0.15, -0.1) is 0 Å². The van der Waals surface area contributed by atoms with Gasteiger partial charge in [-0.25, -0.2) is 26.4 Å². The molecular formula is C40H42BrF3N2O6S. The predicted molar refractivity (Wildman–Crippen MR) is 200 cm³/mol. The highest BCUT2D eigenvalue weighted by Crippen LogP contribution is 2.42. The number of carboxylic acids is 1. The van der Waals surface area contributed by atoms with E-state index in [0.717, 1.165) is 36.5 Å². The van der Waals surface area contributed by atoms with Crippen molar-refractivity contribution in [3.8, 4) is 5.75 Å². The van der Waals surface area contributed by atoms with Gasteiger partial charge in [0.2, 0.25) is 15.9 Å². The number of hydrogen-bond donors (Lipinski definition) is 1. The molecule has 0 saturated heterocycles. The summed E-state index contributed by atoms with van der Waals surface area (Å²) in [5.41, 5.74) is 3.12. The lowest BCUT2D eigenvalue weighted by Gasteiger charge is -2.30. The minimum absolute atomic E-state index is 0.0694. The fourth-order valence-corrected chi connectivity index (χ4v) is 8.61. The maximum Gasteiger partial charge on any atom is 0.335 e. The van der Waals surface area contributed by atoms with Gasteiger partial charge in [-0.05, 0) is 107 Å². The first-order valence-electron chi connectivity index (χ1n) is 17.2. The number of sulfonamides is 1. The summed E-state index contributed by atoms with van der Waals surface area (Å²) in [6.07, 6.45) is 2.05. The van der Waals surface area contributed by atoms with Crippen molar-refractivity contribution < 1.29 is 41.0 Å². The largest absolute Gasteiger partial charge is 0.492 e. The molecule has 0 bridgehead atoms. The van der Waals surface area contributed by atoms with E-state index in [1.807, 2.05) is 12.1 Å². The van der Waals surface area contributed by atoms with Crippen molar-refractivity contribution >= 4 is 43.5 Å². The Bertz CT molecular complexity index is 2150. The van der Waals surface area contributed by atoms with Gasteiger partial charge in [0.1, 0.15) is 16.5 Å². The predicted octanol–water partition coefficient (Wildman–Crippen LogP) is 9.18. The number of aryl methyl sites for hydroxylation is 1. The SMILES string of the molecule is CCOc1cc(C(=O)O)ccc1N(Cc1cc(C2CC2)cc(C(C)(C)C)c1)C(=O)CN(Cc1ccccc1C)S(=O)(=O)c1c(F)c(F)c(C)c(F)c1Br. The zero-order valence-corrected chi connectivity index (χ0v) is 32.8. The molecule has 0 spiro atoms. The number of benzene rings is 4. The number of ether oxygens (including phenoxy) is 1. The molecule has 4 aromatic carbocycles. The zero-order chi connectivity index (χ0) is 39.0. The molecular weight excluding hydrogens is 773 g/mol. The summed E-state index contributed by atoms with van der Waals surface area (Å²) < 4.78 is 80.1. The lowest BCUT2D eigenvalue weighted by molar-refractivity contribution is -0.119. The topological polar surface area (TPSA) is 104 Å². The molecule has 4 aromatic rings. The van der Waals surface area contributed by atoms with Crippen molar-refractivity contribution in [1.29, 1.82) is 0 Å². The van der Waals surface area contributed by atoms with E-state index in [1.165, 1.54) is 23.1 Å². The number of nitrogens with zero attached hydrogens (tertiary/aromatic N) is 2. The molecule has 1 N–H and O–H groups in total. The van der Waals surface area contributed by atoms with E-state index in [9.17, 15) is 27.5 Å². The molecule has 0 radical (unpaired) electrons. The van der Waals surface area contributed by atoms with Gasteiger partial charge >= 0.3 is 5.97 Å². The van der Waals surface area contributed by atoms with E-state index < -0.39 is 67.4 Å². The van der Waals surface area contributed by atoms with Crippen molar-refractivity contribution in [1.82, 2.24) is 4.31 Å². The second kappa shape index (κ2) is 15.6. The van der Waals surface area contributed by atoms with E-state index in [2.05, 4.69) is 42.8 Å². The van der Waals surface area contributed by atoms with E-state index in [1.54, 1.807) is 38.1 Å². The highest BCUT2D eigenvalue weighted by atomic mass is 79.9. The van der Waals surface area contributed by atoms with Crippen LogP contribution in [0.25, 0.3) is 0 Å². The van der Waals surface area contributed by atoms with Gasteiger partial charge in [0.15, 0.2) is 11.6 Å². The van der Waals surface area contributed by atoms with Crippen molar-refractivity contribution in [2.24, 2.45) is 0 Å². The smallest absolute Gasteiger partial charge is 0.335 e. The van der Waals surface area contributed by atoms with Crippen LogP contribution in [0.4, 0.5) is 18.9 Å². The highest BCUT2D eigenvalue weighted by molar-refractivity contribution is 9.10. The summed E-state index contributed by atoms with van der Waals surface area (Å²) in [6, 6.07) is 16.9. The molecule has 1 amide bonds. The van der Waals surface area contributed by atoms with Crippen LogP contribution in [0.5, 0.6) is 5.75 Å². The van der Waals surface area contributed by atoms with Gasteiger partial charge in [-0.1, -0.05) is 63.2 Å². The van der Waals surface area contributed by atoms with Crippen LogP contribution < -0.4 is 9.64 Å². The number of hydrogen-bond acceptors (Lipinski definition) is 5. The number of halogens is 4. The molecule has 0 unspecified atom stereocenters. The zero-order valence-electron chi connectivity index (χ0n) is 30.4. The number of carboxylic acid groups (broad SMARTS) is 1. The number of anilines is 1. The van der Waals surface area contributed by atoms with E-state index in [-0.39, 0.29) is 35.6 Å². The van der Waals surface area contributed by atoms with Crippen molar-refractivity contribution in [3.05, 3.63) is 122 Å². The Hall–Kier alpha value is -4.20. The quantitative estimate of drug-likeness (QED) is 0.135. The Balaban J connectivity index is 1.68. The first kappa shape index (κ1) is 40.0. The van der Waals surface area contributed by atoms with Crippen LogP contribution in [0.15, 0.2) is 70.0 Å². The summed E-state index contributed by atoms with van der Waals surface area (Å²) in [6.45, 7) is 9.35. The number of carbonyl (C=O) groups is 2. The number of rotatable bonds is 13. The molecule has 1 fully saturated rings. The van der Waals surface area contributed by atoms with Crippen molar-refractivity contribution in [2.75, 3.05) is 18.1 Å². The van der Waals surface area contributed by atoms with Crippen molar-refractivity contribution in [2.45, 2.75) is 83.7 Å². The normalized spacial score (nSPS) is 13.3. The Morgan fingerprint density at radius 2 is 1.62 bits per heavy atom. The summed E-state index contributed by atoms with van der Waals surface area (Å²) in [5.74, 6) is -6.32. The van der Waals surface area contributed by atoms with Crippen LogP contribution in [0, 0.1) is 31.3 Å². The minimum Gasteiger partial charge on any atom is -0.492 e. The third-order valence-corrected chi connectivity index (χ3v) is 12.2. The van der Waals surface area contributed by atoms with Crippen LogP contribution in [-0.4, -0.2) is 42.9 Å². The molecule has 1 aliphatic rings. The van der Waals surface area contributed by atoms with Gasteiger partial charge in [-0.3, -0.25) is 4.79 Å². The van der Waals surface area contributed by atoms with E-state index >= 15 is 8.78 Å². The molecule has 0 atom stereocenters. The first-order valence-corrected chi connectivity index (χ1v) is 19.4. The Morgan fingerprint density at radius 3 is 2.23 bits per heavy atom. The summed E-state index contributed by atoms with van der Waals surface area (Å²) >= 11 is 2.84. The van der Waals surface area contributed by atoms with Crippen LogP contribution >= 0.6 is 15.9 Å². The fraction of sp³-hybridized carbons (Fsp3) is 0.350. The third kappa shape index (κ3) is 8.63. The van der Waals surface area contributed by atoms with Crippen LogP contribution in [0.1, 0.15) is 90.2 Å². The number of amides is 1. The molecule has 0 heterocycles. The van der Waals surface area contributed by atoms with Gasteiger partial charge in [0.25, 0.3) is 0 Å². The fourth-order valence-electron chi connectivity index (χ4n) is 6.04. The van der Waals surface area contributed by atoms with Gasteiger partial charge < -0.3 is 14.7 Å². The summed E-state index contributed by atoms with van der Waals surface area (Å²) in [4.78, 5) is 26.7. The molecule has 282 valence electrons. The van der Waals surface area contributed by atoms with Gasteiger partial charge in [0, 0.05) is 12.1 Å². The lowest BCUT2D eigenvalue weighted by atomic mass is 9.84. The molecule has 1 aliphatic carbocycles. The standard InChI is InChI=1S/C40H42BrF3N2O6S/c1-7-52-32-19-27(39(48)49)14-15-31(32)46(20-25-16-29(26-12-13-26)18-30(17-25)40(4,5)6)33(47)22-45(21-28-11-9-8-10-23(28)2)53(50,51)38-34(41)35(42)24(3)36(43)37(38)44/h8-11,14-19,26H,7,12-13,20-22H2,1-6H3,(H,48,49). The average molecular weight is 816 g/mol. The van der Waals surface area contributed by atoms with Gasteiger partial charge in [0.05, 0.1) is 35.4 Å². The van der Waals surface area contributed by atoms with Crippen LogP contribution in [-0.2, 0) is 33.3 Å². The molecule has 0 aliphatic heterocycles. The van der Waals surface area contributed by atoms with E-state index in [4.69, 9.17) is 4.74 Å². The molecule has 8 nitrogen and oxygen atoms in total. The van der Waals surface area contributed by atoms with Crippen LogP contribution in [0.3, 0.4) is 0 Å². The molecule has 5 rings (SSSR count). The molecule has 0 aromatic heterocycles. The maximum absolute atomic E-state index is 15.6. The highest BCUT2D eigenvalue weighted by Gasteiger charge is 2.37. The lowest BCUT2D eigenvalue weighted by Crippen LogP contribution is -2.43.